The van der Waals surface area contributed by atoms with Gasteiger partial charge in [-0.3, -0.25) is 0 Å². The van der Waals surface area contributed by atoms with Gasteiger partial charge in [0, 0.05) is 11.3 Å². The van der Waals surface area contributed by atoms with Gasteiger partial charge in [0.25, 0.3) is 0 Å². The lowest BCUT2D eigenvalue weighted by Crippen LogP contribution is -2.65. The highest BCUT2D eigenvalue weighted by Gasteiger charge is 2.54. The van der Waals surface area contributed by atoms with Crippen molar-refractivity contribution in [3.63, 3.8) is 0 Å². The molecule has 1 aliphatic rings. The molecule has 5 atom stereocenters. The summed E-state index contributed by atoms with van der Waals surface area (Å²) in [6, 6.07) is -1.40. The summed E-state index contributed by atoms with van der Waals surface area (Å²) >= 11 is 0. The number of aliphatic hydroxyl groups excluding tert-OH is 2. The van der Waals surface area contributed by atoms with Crippen molar-refractivity contribution >= 4 is 5.97 Å². The number of ether oxygens (including phenoxy) is 2. The zero-order valence-electron chi connectivity index (χ0n) is 9.92. The Morgan fingerprint density at radius 3 is 2.67 bits per heavy atom. The van der Waals surface area contributed by atoms with E-state index in [4.69, 9.17) is 10.3 Å². The minimum absolute atomic E-state index is 0.0637. The molecule has 1 aliphatic heterocycles. The van der Waals surface area contributed by atoms with Crippen LogP contribution in [0.5, 0.6) is 0 Å². The van der Waals surface area contributed by atoms with Crippen LogP contribution in [0.3, 0.4) is 0 Å². The van der Waals surface area contributed by atoms with Gasteiger partial charge < -0.3 is 24.8 Å². The summed E-state index contributed by atoms with van der Waals surface area (Å²) in [5, 5.41) is 32.8. The smallest absolute Gasteiger partial charge is 0.337 e. The molecule has 0 radical (unpaired) electrons. The van der Waals surface area contributed by atoms with Gasteiger partial charge in [0.05, 0.1) is 13.2 Å². The summed E-state index contributed by atoms with van der Waals surface area (Å²) in [4.78, 5) is 13.9. The summed E-state index contributed by atoms with van der Waals surface area (Å²) in [7, 11) is 1.08. The van der Waals surface area contributed by atoms with Gasteiger partial charge in [-0.2, -0.15) is 0 Å². The number of aliphatic hydroxyl groups is 3. The number of nitrogens with zero attached hydrogens (tertiary/aromatic N) is 3. The zero-order chi connectivity index (χ0) is 13.9. The van der Waals surface area contributed by atoms with Crippen LogP contribution in [0.4, 0.5) is 0 Å². The molecule has 0 saturated carbocycles. The monoisotopic (exact) mass is 261 g/mol. The Morgan fingerprint density at radius 2 is 2.22 bits per heavy atom. The number of azide groups is 1. The second-order valence-electron chi connectivity index (χ2n) is 3.89. The Bertz CT molecular complexity index is 371. The molecule has 0 aromatic heterocycles. The van der Waals surface area contributed by atoms with Crippen LogP contribution in [0.25, 0.3) is 10.4 Å². The predicted molar refractivity (Wildman–Crippen MR) is 57.1 cm³/mol. The van der Waals surface area contributed by atoms with Crippen LogP contribution >= 0.6 is 0 Å². The van der Waals surface area contributed by atoms with E-state index in [1.54, 1.807) is 0 Å². The van der Waals surface area contributed by atoms with Crippen molar-refractivity contribution in [3.8, 4) is 0 Å². The molecule has 0 amide bonds. The van der Waals surface area contributed by atoms with E-state index in [9.17, 15) is 20.1 Å². The number of esters is 1. The van der Waals surface area contributed by atoms with Crippen molar-refractivity contribution < 1.29 is 29.6 Å². The Labute approximate surface area is 103 Å². The standard InChI is InChI=1S/C9H15N3O6/c1-3-9(16)7(14)4(11-12-10)5(13)6(18-9)8(15)17-2/h4-7,13-14,16H,3H2,1-2H3/t4-,5-,6-,7+,9+/m0/s1. The average Bonchev–Trinajstić information content (AvgIpc) is 2.38. The summed E-state index contributed by atoms with van der Waals surface area (Å²) < 4.78 is 9.38. The van der Waals surface area contributed by atoms with E-state index in [1.807, 2.05) is 0 Å². The van der Waals surface area contributed by atoms with E-state index in [0.717, 1.165) is 7.11 Å². The summed E-state index contributed by atoms with van der Waals surface area (Å²) in [6.45, 7) is 1.50. The van der Waals surface area contributed by atoms with E-state index >= 15 is 0 Å². The molecule has 0 aliphatic carbocycles. The van der Waals surface area contributed by atoms with Crippen molar-refractivity contribution in [1.82, 2.24) is 0 Å². The predicted octanol–water partition coefficient (Wildman–Crippen LogP) is -0.943. The number of methoxy groups -OCH3 is 1. The molecule has 0 bridgehead atoms. The van der Waals surface area contributed by atoms with Gasteiger partial charge in [-0.05, 0) is 5.53 Å². The fourth-order valence-electron chi connectivity index (χ4n) is 1.78. The number of hydrogen-bond acceptors (Lipinski definition) is 7. The maximum atomic E-state index is 11.4. The molecule has 1 rings (SSSR count). The molecule has 9 heteroatoms. The second kappa shape index (κ2) is 5.51. The zero-order valence-corrected chi connectivity index (χ0v) is 9.92. The lowest BCUT2D eigenvalue weighted by Gasteiger charge is -2.44. The van der Waals surface area contributed by atoms with E-state index in [2.05, 4.69) is 14.8 Å². The molecule has 0 aromatic carbocycles. The van der Waals surface area contributed by atoms with E-state index in [-0.39, 0.29) is 6.42 Å². The lowest BCUT2D eigenvalue weighted by molar-refractivity contribution is -0.321. The second-order valence-corrected chi connectivity index (χ2v) is 3.89. The van der Waals surface area contributed by atoms with Crippen molar-refractivity contribution in [1.29, 1.82) is 0 Å². The van der Waals surface area contributed by atoms with Crippen LogP contribution in [-0.2, 0) is 14.3 Å². The Hall–Kier alpha value is -1.38. The SMILES string of the molecule is CC[C@@]1(O)O[C@H](C(=O)OC)[C@@H](O)[C@H](N=[N+]=[N-])[C@H]1O. The Kier molecular flexibility index (Phi) is 4.49. The van der Waals surface area contributed by atoms with Gasteiger partial charge in [-0.15, -0.1) is 0 Å². The third-order valence-electron chi connectivity index (χ3n) is 2.90. The number of carbonyl (C=O) groups excluding carboxylic acids is 1. The first-order valence-electron chi connectivity index (χ1n) is 5.29. The molecule has 9 nitrogen and oxygen atoms in total. The quantitative estimate of drug-likeness (QED) is 0.258. The first-order valence-corrected chi connectivity index (χ1v) is 5.29. The summed E-state index contributed by atoms with van der Waals surface area (Å²) in [5.41, 5.74) is 8.38. The highest BCUT2D eigenvalue weighted by Crippen LogP contribution is 2.32. The molecule has 0 spiro atoms. The summed E-state index contributed by atoms with van der Waals surface area (Å²) in [6.07, 6.45) is -4.84. The van der Waals surface area contributed by atoms with Gasteiger partial charge in [0.1, 0.15) is 12.2 Å². The molecule has 0 unspecified atom stereocenters. The average molecular weight is 261 g/mol. The van der Waals surface area contributed by atoms with Crippen LogP contribution < -0.4 is 0 Å². The van der Waals surface area contributed by atoms with Crippen molar-refractivity contribution in [2.24, 2.45) is 5.11 Å². The number of rotatable bonds is 3. The van der Waals surface area contributed by atoms with Crippen molar-refractivity contribution in [3.05, 3.63) is 10.4 Å². The molecule has 3 N–H and O–H groups in total. The molecule has 1 fully saturated rings. The third kappa shape index (κ3) is 2.40. The van der Waals surface area contributed by atoms with Gasteiger partial charge in [-0.25, -0.2) is 4.79 Å². The number of hydrogen-bond donors (Lipinski definition) is 3. The fourth-order valence-corrected chi connectivity index (χ4v) is 1.78. The Balaban J connectivity index is 3.11. The van der Waals surface area contributed by atoms with E-state index < -0.39 is 36.1 Å². The maximum Gasteiger partial charge on any atom is 0.337 e. The molecule has 102 valence electrons. The van der Waals surface area contributed by atoms with E-state index in [0.29, 0.717) is 0 Å². The maximum absolute atomic E-state index is 11.4. The van der Waals surface area contributed by atoms with Gasteiger partial charge >= 0.3 is 5.97 Å². The Morgan fingerprint density at radius 1 is 1.61 bits per heavy atom. The lowest BCUT2D eigenvalue weighted by atomic mass is 9.89. The first-order chi connectivity index (χ1) is 8.41. The molecular weight excluding hydrogens is 246 g/mol. The van der Waals surface area contributed by atoms with Crippen LogP contribution in [0.2, 0.25) is 0 Å². The van der Waals surface area contributed by atoms with Crippen LogP contribution in [0, 0.1) is 0 Å². The van der Waals surface area contributed by atoms with Gasteiger partial charge in [0.15, 0.2) is 11.9 Å². The van der Waals surface area contributed by atoms with Crippen LogP contribution in [-0.4, -0.2) is 58.5 Å². The molecule has 1 saturated heterocycles. The van der Waals surface area contributed by atoms with E-state index in [1.165, 1.54) is 6.92 Å². The fraction of sp³-hybridized carbons (Fsp3) is 0.889. The van der Waals surface area contributed by atoms with Gasteiger partial charge in [-0.1, -0.05) is 12.0 Å². The van der Waals surface area contributed by atoms with Crippen molar-refractivity contribution in [2.45, 2.75) is 43.5 Å². The number of carbonyl (C=O) groups is 1. The normalized spacial score (nSPS) is 39.8. The minimum atomic E-state index is -2.09. The largest absolute Gasteiger partial charge is 0.467 e. The minimum Gasteiger partial charge on any atom is -0.467 e. The highest BCUT2D eigenvalue weighted by atomic mass is 16.7. The summed E-state index contributed by atoms with van der Waals surface area (Å²) in [5.74, 6) is -3.02. The third-order valence-corrected chi connectivity index (χ3v) is 2.90. The van der Waals surface area contributed by atoms with Crippen LogP contribution in [0.1, 0.15) is 13.3 Å². The van der Waals surface area contributed by atoms with Crippen LogP contribution in [0.15, 0.2) is 5.11 Å². The molecule has 18 heavy (non-hydrogen) atoms. The molecule has 1 heterocycles. The van der Waals surface area contributed by atoms with Crippen molar-refractivity contribution in [2.75, 3.05) is 7.11 Å². The molecule has 0 aromatic rings. The topological polar surface area (TPSA) is 145 Å². The molecular formula is C9H15N3O6. The highest BCUT2D eigenvalue weighted by molar-refractivity contribution is 5.75. The first kappa shape index (κ1) is 14.7. The van der Waals surface area contributed by atoms with Gasteiger partial charge in [0.2, 0.25) is 0 Å².